The molecule has 0 spiro atoms. The van der Waals surface area contributed by atoms with Crippen molar-refractivity contribution in [1.82, 2.24) is 20.1 Å². The SMILES string of the molecule is COC(=O)C(C)NC(=O)C1CN(C(=O)c2cccnc2)CCN1C(=O)c1cccs1. The molecule has 1 saturated heterocycles. The molecule has 3 rings (SSSR count). The van der Waals surface area contributed by atoms with Gasteiger partial charge in [-0.1, -0.05) is 6.07 Å². The summed E-state index contributed by atoms with van der Waals surface area (Å²) in [7, 11) is 1.23. The summed E-state index contributed by atoms with van der Waals surface area (Å²) in [5.41, 5.74) is 0.401. The van der Waals surface area contributed by atoms with Crippen LogP contribution in [-0.2, 0) is 14.3 Å². The Morgan fingerprint density at radius 3 is 2.63 bits per heavy atom. The van der Waals surface area contributed by atoms with Crippen LogP contribution < -0.4 is 5.32 Å². The average Bonchev–Trinajstić information content (AvgIpc) is 3.32. The molecule has 30 heavy (non-hydrogen) atoms. The normalized spacial score (nSPS) is 17.2. The van der Waals surface area contributed by atoms with Crippen molar-refractivity contribution in [1.29, 1.82) is 0 Å². The van der Waals surface area contributed by atoms with Crippen molar-refractivity contribution in [3.63, 3.8) is 0 Å². The number of ether oxygens (including phenoxy) is 1. The number of amides is 3. The molecular formula is C20H22N4O5S. The molecule has 1 fully saturated rings. The van der Waals surface area contributed by atoms with Gasteiger partial charge in [-0.25, -0.2) is 4.79 Å². The Hall–Kier alpha value is -3.27. The Balaban J connectivity index is 1.82. The molecular weight excluding hydrogens is 408 g/mol. The van der Waals surface area contributed by atoms with Gasteiger partial charge < -0.3 is 19.9 Å². The zero-order valence-electron chi connectivity index (χ0n) is 16.6. The van der Waals surface area contributed by atoms with Crippen LogP contribution in [-0.4, -0.2) is 77.3 Å². The summed E-state index contributed by atoms with van der Waals surface area (Å²) in [6.07, 6.45) is 3.03. The summed E-state index contributed by atoms with van der Waals surface area (Å²) in [6.45, 7) is 1.97. The van der Waals surface area contributed by atoms with E-state index < -0.39 is 24.0 Å². The van der Waals surface area contributed by atoms with Crippen LogP contribution in [0.5, 0.6) is 0 Å². The van der Waals surface area contributed by atoms with Gasteiger partial charge in [-0.05, 0) is 30.5 Å². The highest BCUT2D eigenvalue weighted by Gasteiger charge is 2.38. The fraction of sp³-hybridized carbons (Fsp3) is 0.350. The lowest BCUT2D eigenvalue weighted by molar-refractivity contribution is -0.145. The van der Waals surface area contributed by atoms with E-state index in [9.17, 15) is 19.2 Å². The molecule has 3 amide bonds. The van der Waals surface area contributed by atoms with Gasteiger partial charge in [0.1, 0.15) is 12.1 Å². The quantitative estimate of drug-likeness (QED) is 0.703. The number of nitrogens with zero attached hydrogens (tertiary/aromatic N) is 3. The molecule has 2 aromatic heterocycles. The number of hydrogen-bond acceptors (Lipinski definition) is 7. The van der Waals surface area contributed by atoms with E-state index >= 15 is 0 Å². The number of methoxy groups -OCH3 is 1. The average molecular weight is 430 g/mol. The van der Waals surface area contributed by atoms with Gasteiger partial charge in [0.2, 0.25) is 5.91 Å². The van der Waals surface area contributed by atoms with Crippen LogP contribution >= 0.6 is 11.3 Å². The van der Waals surface area contributed by atoms with Crippen LogP contribution in [0, 0.1) is 0 Å². The Kier molecular flexibility index (Phi) is 6.78. The molecule has 0 saturated carbocycles. The Bertz CT molecular complexity index is 919. The Labute approximate surface area is 177 Å². The van der Waals surface area contributed by atoms with Crippen LogP contribution in [0.4, 0.5) is 0 Å². The number of piperazine rings is 1. The van der Waals surface area contributed by atoms with Crippen LogP contribution in [0.15, 0.2) is 42.0 Å². The number of hydrogen-bond donors (Lipinski definition) is 1. The molecule has 1 N–H and O–H groups in total. The van der Waals surface area contributed by atoms with Gasteiger partial charge in [-0.15, -0.1) is 11.3 Å². The van der Waals surface area contributed by atoms with Gasteiger partial charge in [-0.2, -0.15) is 0 Å². The van der Waals surface area contributed by atoms with Crippen molar-refractivity contribution in [2.45, 2.75) is 19.0 Å². The molecule has 0 aliphatic carbocycles. The predicted octanol–water partition coefficient (Wildman–Crippen LogP) is 0.788. The molecule has 2 unspecified atom stereocenters. The smallest absolute Gasteiger partial charge is 0.328 e. The van der Waals surface area contributed by atoms with Gasteiger partial charge in [0, 0.05) is 25.5 Å². The van der Waals surface area contributed by atoms with E-state index in [0.29, 0.717) is 10.4 Å². The first-order valence-electron chi connectivity index (χ1n) is 9.34. The van der Waals surface area contributed by atoms with Gasteiger partial charge in [-0.3, -0.25) is 19.4 Å². The molecule has 9 nitrogen and oxygen atoms in total. The molecule has 1 aliphatic rings. The second-order valence-electron chi connectivity index (χ2n) is 6.74. The Morgan fingerprint density at radius 2 is 2.00 bits per heavy atom. The third-order valence-electron chi connectivity index (χ3n) is 4.79. The topological polar surface area (TPSA) is 109 Å². The van der Waals surface area contributed by atoms with Crippen molar-refractivity contribution < 1.29 is 23.9 Å². The molecule has 158 valence electrons. The second kappa shape index (κ2) is 9.49. The molecule has 10 heteroatoms. The fourth-order valence-electron chi connectivity index (χ4n) is 3.19. The first-order chi connectivity index (χ1) is 14.4. The van der Waals surface area contributed by atoms with Crippen molar-refractivity contribution in [2.75, 3.05) is 26.7 Å². The molecule has 0 aromatic carbocycles. The zero-order chi connectivity index (χ0) is 21.7. The molecule has 0 radical (unpaired) electrons. The number of thiophene rings is 1. The molecule has 0 bridgehead atoms. The number of aromatic nitrogens is 1. The van der Waals surface area contributed by atoms with E-state index in [1.807, 2.05) is 0 Å². The highest BCUT2D eigenvalue weighted by molar-refractivity contribution is 7.12. The monoisotopic (exact) mass is 430 g/mol. The number of carbonyl (C=O) groups excluding carboxylic acids is 4. The maximum absolute atomic E-state index is 13.0. The van der Waals surface area contributed by atoms with E-state index in [2.05, 4.69) is 15.0 Å². The van der Waals surface area contributed by atoms with Crippen LogP contribution in [0.25, 0.3) is 0 Å². The van der Waals surface area contributed by atoms with E-state index in [-0.39, 0.29) is 31.4 Å². The molecule has 2 atom stereocenters. The van der Waals surface area contributed by atoms with E-state index in [1.165, 1.54) is 41.4 Å². The molecule has 3 heterocycles. The predicted molar refractivity (Wildman–Crippen MR) is 109 cm³/mol. The first kappa shape index (κ1) is 21.4. The van der Waals surface area contributed by atoms with Crippen LogP contribution in [0.2, 0.25) is 0 Å². The Morgan fingerprint density at radius 1 is 1.20 bits per heavy atom. The van der Waals surface area contributed by atoms with E-state index in [0.717, 1.165) is 0 Å². The maximum atomic E-state index is 13.0. The van der Waals surface area contributed by atoms with Crippen molar-refractivity contribution in [3.8, 4) is 0 Å². The van der Waals surface area contributed by atoms with E-state index in [4.69, 9.17) is 0 Å². The van der Waals surface area contributed by atoms with Crippen molar-refractivity contribution >= 4 is 35.0 Å². The number of rotatable bonds is 5. The van der Waals surface area contributed by atoms with E-state index in [1.54, 1.807) is 35.8 Å². The summed E-state index contributed by atoms with van der Waals surface area (Å²) in [5, 5.41) is 4.36. The van der Waals surface area contributed by atoms with Gasteiger partial charge in [0.05, 0.1) is 24.1 Å². The number of esters is 1. The zero-order valence-corrected chi connectivity index (χ0v) is 17.4. The molecule has 1 aliphatic heterocycles. The number of nitrogens with one attached hydrogen (secondary N) is 1. The van der Waals surface area contributed by atoms with Gasteiger partial charge in [0.15, 0.2) is 0 Å². The lowest BCUT2D eigenvalue weighted by atomic mass is 10.1. The summed E-state index contributed by atoms with van der Waals surface area (Å²) in [5.74, 6) is -1.69. The first-order valence-corrected chi connectivity index (χ1v) is 10.2. The van der Waals surface area contributed by atoms with Crippen molar-refractivity contribution in [3.05, 3.63) is 52.5 Å². The maximum Gasteiger partial charge on any atom is 0.328 e. The van der Waals surface area contributed by atoms with Crippen LogP contribution in [0.3, 0.4) is 0 Å². The van der Waals surface area contributed by atoms with Gasteiger partial charge >= 0.3 is 5.97 Å². The third-order valence-corrected chi connectivity index (χ3v) is 5.64. The lowest BCUT2D eigenvalue weighted by Gasteiger charge is -2.40. The third kappa shape index (κ3) is 4.65. The van der Waals surface area contributed by atoms with Crippen molar-refractivity contribution in [2.24, 2.45) is 0 Å². The molecule has 2 aromatic rings. The highest BCUT2D eigenvalue weighted by atomic mass is 32.1. The van der Waals surface area contributed by atoms with Crippen LogP contribution in [0.1, 0.15) is 27.0 Å². The highest BCUT2D eigenvalue weighted by Crippen LogP contribution is 2.19. The standard InChI is InChI=1S/C20H22N4O5S/c1-13(20(28)29-2)22-17(25)15-12-23(18(26)14-5-3-7-21-11-14)8-9-24(15)19(27)16-6-4-10-30-16/h3-7,10-11,13,15H,8-9,12H2,1-2H3,(H,22,25). The minimum absolute atomic E-state index is 0.00453. The summed E-state index contributed by atoms with van der Waals surface area (Å²) in [4.78, 5) is 57.9. The lowest BCUT2D eigenvalue weighted by Crippen LogP contribution is -2.62. The summed E-state index contributed by atoms with van der Waals surface area (Å²) >= 11 is 1.28. The number of pyridine rings is 1. The van der Waals surface area contributed by atoms with Gasteiger partial charge in [0.25, 0.3) is 11.8 Å². The largest absolute Gasteiger partial charge is 0.467 e. The second-order valence-corrected chi connectivity index (χ2v) is 7.69. The number of carbonyl (C=O) groups is 4. The minimum Gasteiger partial charge on any atom is -0.467 e. The summed E-state index contributed by atoms with van der Waals surface area (Å²) < 4.78 is 4.65. The minimum atomic E-state index is -0.943. The summed E-state index contributed by atoms with van der Waals surface area (Å²) in [6, 6.07) is 4.92. The fourth-order valence-corrected chi connectivity index (χ4v) is 3.87.